The Morgan fingerprint density at radius 2 is 1.96 bits per heavy atom. The van der Waals surface area contributed by atoms with Gasteiger partial charge in [0.05, 0.1) is 12.8 Å². The number of methoxy groups -OCH3 is 1. The minimum atomic E-state index is -0.368. The minimum absolute atomic E-state index is 0.346. The first-order valence-corrected chi connectivity index (χ1v) is 7.32. The minimum Gasteiger partial charge on any atom is -0.495 e. The molecule has 0 saturated carbocycles. The van der Waals surface area contributed by atoms with E-state index in [1.165, 1.54) is 19.2 Å². The van der Waals surface area contributed by atoms with Crippen LogP contribution in [0.2, 0.25) is 0 Å². The lowest BCUT2D eigenvalue weighted by atomic mass is 10.1. The first-order chi connectivity index (χ1) is 11.2. The molecule has 1 aromatic heterocycles. The van der Waals surface area contributed by atoms with Gasteiger partial charge in [-0.3, -0.25) is 4.98 Å². The highest BCUT2D eigenvalue weighted by Gasteiger charge is 2.08. The molecule has 0 aliphatic carbocycles. The Morgan fingerprint density at radius 1 is 1.13 bits per heavy atom. The molecule has 1 heterocycles. The Hall–Kier alpha value is -2.73. The molecular weight excluding hydrogens is 313 g/mol. The zero-order chi connectivity index (χ0) is 16.2. The molecule has 2 N–H and O–H groups in total. The van der Waals surface area contributed by atoms with E-state index < -0.39 is 0 Å². The summed E-state index contributed by atoms with van der Waals surface area (Å²) in [5, 5.41) is 8.42. The van der Waals surface area contributed by atoms with Crippen molar-refractivity contribution in [2.75, 3.05) is 17.7 Å². The van der Waals surface area contributed by atoms with Crippen molar-refractivity contribution in [3.8, 4) is 5.75 Å². The average molecular weight is 327 g/mol. The number of aromatic nitrogens is 1. The number of nitrogens with one attached hydrogen (secondary N) is 2. The molecule has 0 spiro atoms. The zero-order valence-electron chi connectivity index (χ0n) is 12.3. The third kappa shape index (κ3) is 3.37. The highest BCUT2D eigenvalue weighted by Crippen LogP contribution is 2.26. The van der Waals surface area contributed by atoms with Crippen molar-refractivity contribution in [3.63, 3.8) is 0 Å². The Balaban J connectivity index is 1.83. The monoisotopic (exact) mass is 327 g/mol. The molecule has 0 aliphatic rings. The number of hydrogen-bond acceptors (Lipinski definition) is 3. The summed E-state index contributed by atoms with van der Waals surface area (Å²) in [6.07, 6.45) is 3.51. The van der Waals surface area contributed by atoms with Crippen LogP contribution in [0.5, 0.6) is 5.75 Å². The largest absolute Gasteiger partial charge is 0.495 e. The summed E-state index contributed by atoms with van der Waals surface area (Å²) in [7, 11) is 1.52. The summed E-state index contributed by atoms with van der Waals surface area (Å²) in [6, 6.07) is 11.9. The van der Waals surface area contributed by atoms with E-state index in [9.17, 15) is 4.39 Å². The maximum absolute atomic E-state index is 13.4. The zero-order valence-corrected chi connectivity index (χ0v) is 13.2. The number of hydrogen-bond donors (Lipinski definition) is 2. The molecule has 6 heteroatoms. The molecular formula is C17H14FN3OS. The fraction of sp³-hybridized carbons (Fsp3) is 0.0588. The summed E-state index contributed by atoms with van der Waals surface area (Å²) in [6.45, 7) is 0. The van der Waals surface area contributed by atoms with Crippen LogP contribution in [0.25, 0.3) is 10.8 Å². The van der Waals surface area contributed by atoms with E-state index in [0.717, 1.165) is 16.5 Å². The predicted octanol–water partition coefficient (Wildman–Crippen LogP) is 4.19. The van der Waals surface area contributed by atoms with Gasteiger partial charge in [0.15, 0.2) is 5.11 Å². The van der Waals surface area contributed by atoms with Crippen LogP contribution in [-0.2, 0) is 0 Å². The summed E-state index contributed by atoms with van der Waals surface area (Å²) < 4.78 is 18.6. The van der Waals surface area contributed by atoms with Crippen molar-refractivity contribution in [2.24, 2.45) is 0 Å². The Kier molecular flexibility index (Phi) is 4.34. The molecule has 0 atom stereocenters. The molecule has 3 rings (SSSR count). The van der Waals surface area contributed by atoms with Crippen LogP contribution in [0.4, 0.5) is 15.8 Å². The van der Waals surface area contributed by atoms with Crippen molar-refractivity contribution in [1.82, 2.24) is 4.98 Å². The topological polar surface area (TPSA) is 46.2 Å². The number of nitrogens with zero attached hydrogens (tertiary/aromatic N) is 1. The van der Waals surface area contributed by atoms with Crippen LogP contribution in [-0.4, -0.2) is 17.2 Å². The van der Waals surface area contributed by atoms with E-state index in [1.807, 2.05) is 24.3 Å². The second-order valence-electron chi connectivity index (χ2n) is 4.83. The number of anilines is 2. The smallest absolute Gasteiger partial charge is 0.175 e. The van der Waals surface area contributed by atoms with Gasteiger partial charge >= 0.3 is 0 Å². The van der Waals surface area contributed by atoms with E-state index in [-0.39, 0.29) is 5.82 Å². The lowest BCUT2D eigenvalue weighted by Gasteiger charge is -2.14. The highest BCUT2D eigenvalue weighted by molar-refractivity contribution is 7.80. The van der Waals surface area contributed by atoms with E-state index in [4.69, 9.17) is 17.0 Å². The lowest BCUT2D eigenvalue weighted by Crippen LogP contribution is -2.19. The Bertz CT molecular complexity index is 864. The maximum atomic E-state index is 13.4. The van der Waals surface area contributed by atoms with Gasteiger partial charge in [-0.1, -0.05) is 12.1 Å². The van der Waals surface area contributed by atoms with Gasteiger partial charge in [-0.2, -0.15) is 0 Å². The van der Waals surface area contributed by atoms with Crippen LogP contribution in [0.3, 0.4) is 0 Å². The molecule has 3 aromatic rings. The molecule has 116 valence electrons. The summed E-state index contributed by atoms with van der Waals surface area (Å²) in [5.74, 6) is 0.144. The van der Waals surface area contributed by atoms with Crippen LogP contribution in [0.15, 0.2) is 54.9 Å². The van der Waals surface area contributed by atoms with Crippen LogP contribution in [0.1, 0.15) is 0 Å². The van der Waals surface area contributed by atoms with E-state index in [0.29, 0.717) is 16.5 Å². The maximum Gasteiger partial charge on any atom is 0.175 e. The van der Waals surface area contributed by atoms with Gasteiger partial charge in [-0.15, -0.1) is 0 Å². The molecule has 0 amide bonds. The van der Waals surface area contributed by atoms with Crippen LogP contribution in [0, 0.1) is 5.82 Å². The quantitative estimate of drug-likeness (QED) is 0.706. The number of pyridine rings is 1. The predicted molar refractivity (Wildman–Crippen MR) is 94.5 cm³/mol. The van der Waals surface area contributed by atoms with Crippen molar-refractivity contribution in [3.05, 3.63) is 60.7 Å². The number of fused-ring (bicyclic) bond motifs is 1. The number of benzene rings is 2. The Labute approximate surface area is 138 Å². The third-order valence-electron chi connectivity index (χ3n) is 3.34. The van der Waals surface area contributed by atoms with Gasteiger partial charge < -0.3 is 15.4 Å². The Morgan fingerprint density at radius 3 is 2.78 bits per heavy atom. The van der Waals surface area contributed by atoms with E-state index in [2.05, 4.69) is 15.6 Å². The molecule has 0 bridgehead atoms. The molecule has 4 nitrogen and oxygen atoms in total. The van der Waals surface area contributed by atoms with Crippen LogP contribution < -0.4 is 15.4 Å². The third-order valence-corrected chi connectivity index (χ3v) is 3.54. The summed E-state index contributed by atoms with van der Waals surface area (Å²) in [4.78, 5) is 4.10. The summed E-state index contributed by atoms with van der Waals surface area (Å²) in [5.41, 5.74) is 1.31. The first kappa shape index (κ1) is 15.2. The number of thiocarbonyl (C=S) groups is 1. The van der Waals surface area contributed by atoms with Gasteiger partial charge in [0, 0.05) is 34.9 Å². The number of halogens is 1. The van der Waals surface area contributed by atoms with Crippen molar-refractivity contribution in [2.45, 2.75) is 0 Å². The number of rotatable bonds is 3. The molecule has 0 saturated heterocycles. The van der Waals surface area contributed by atoms with Gasteiger partial charge in [0.1, 0.15) is 11.6 Å². The van der Waals surface area contributed by atoms with Crippen molar-refractivity contribution >= 4 is 39.5 Å². The fourth-order valence-electron chi connectivity index (χ4n) is 2.29. The second-order valence-corrected chi connectivity index (χ2v) is 5.23. The highest BCUT2D eigenvalue weighted by atomic mass is 32.1. The van der Waals surface area contributed by atoms with Gasteiger partial charge in [-0.25, -0.2) is 4.39 Å². The molecule has 0 unspecified atom stereocenters. The van der Waals surface area contributed by atoms with Crippen LogP contribution >= 0.6 is 12.2 Å². The van der Waals surface area contributed by atoms with E-state index >= 15 is 0 Å². The van der Waals surface area contributed by atoms with Gasteiger partial charge in [0.25, 0.3) is 0 Å². The summed E-state index contributed by atoms with van der Waals surface area (Å²) >= 11 is 5.32. The molecule has 23 heavy (non-hydrogen) atoms. The molecule has 0 fully saturated rings. The van der Waals surface area contributed by atoms with Crippen molar-refractivity contribution in [1.29, 1.82) is 0 Å². The first-order valence-electron chi connectivity index (χ1n) is 6.91. The van der Waals surface area contributed by atoms with Gasteiger partial charge in [-0.05, 0) is 36.5 Å². The van der Waals surface area contributed by atoms with E-state index in [1.54, 1.807) is 18.5 Å². The lowest BCUT2D eigenvalue weighted by molar-refractivity contribution is 0.416. The molecule has 2 aromatic carbocycles. The average Bonchev–Trinajstić information content (AvgIpc) is 2.55. The fourth-order valence-corrected chi connectivity index (χ4v) is 2.51. The van der Waals surface area contributed by atoms with Gasteiger partial charge in [0.2, 0.25) is 0 Å². The normalized spacial score (nSPS) is 10.3. The standard InChI is InChI=1S/C17H14FN3OS/c1-22-16-6-5-12(18)9-15(16)21-17(23)20-14-4-2-3-11-10-19-8-7-13(11)14/h2-10H,1H3,(H2,20,21,23). The SMILES string of the molecule is COc1ccc(F)cc1NC(=S)Nc1cccc2cnccc12. The molecule has 0 aliphatic heterocycles. The number of ether oxygens (including phenoxy) is 1. The molecule has 0 radical (unpaired) electrons. The van der Waals surface area contributed by atoms with Crippen molar-refractivity contribution < 1.29 is 9.13 Å². The second kappa shape index (κ2) is 6.58.